The summed E-state index contributed by atoms with van der Waals surface area (Å²) >= 11 is 0. The molecule has 0 amide bonds. The molecule has 0 aromatic heterocycles. The van der Waals surface area contributed by atoms with Crippen LogP contribution in [0.5, 0.6) is 0 Å². The second kappa shape index (κ2) is 3.95. The Bertz CT molecular complexity index is 374. The first kappa shape index (κ1) is 17.4. The molecule has 120 valence electrons. The zero-order valence-electron chi connectivity index (χ0n) is 10.3. The van der Waals surface area contributed by atoms with Crippen molar-refractivity contribution in [3.63, 3.8) is 0 Å². The molecule has 1 saturated carbocycles. The van der Waals surface area contributed by atoms with Gasteiger partial charge in [-0.2, -0.15) is 40.0 Å². The zero-order valence-corrected chi connectivity index (χ0v) is 10.3. The average molecular weight is 318 g/mol. The number of alkyl halides is 8. The van der Waals surface area contributed by atoms with Crippen LogP contribution in [0.1, 0.15) is 20.8 Å². The highest BCUT2D eigenvalue weighted by molar-refractivity contribution is 5.22. The molecule has 1 fully saturated rings. The van der Waals surface area contributed by atoms with Crippen molar-refractivity contribution < 1.29 is 50.0 Å². The summed E-state index contributed by atoms with van der Waals surface area (Å²) in [6, 6.07) is 0. The third-order valence-electron chi connectivity index (χ3n) is 2.45. The first-order valence-electron chi connectivity index (χ1n) is 5.06. The average Bonchev–Trinajstić information content (AvgIpc) is 2.26. The van der Waals surface area contributed by atoms with Gasteiger partial charge in [-0.15, -0.1) is 0 Å². The number of hydrogen-bond donors (Lipinski definition) is 1. The van der Waals surface area contributed by atoms with Crippen LogP contribution in [-0.4, -0.2) is 40.2 Å². The number of hydrogen-bond acceptors (Lipinski definition) is 3. The predicted molar refractivity (Wildman–Crippen MR) is 46.7 cm³/mol. The van der Waals surface area contributed by atoms with Crippen molar-refractivity contribution in [2.24, 2.45) is 0 Å². The largest absolute Gasteiger partial charge is 0.384 e. The number of rotatable bonds is 2. The van der Waals surface area contributed by atoms with E-state index < -0.39 is 35.1 Å². The molecule has 1 N–H and O–H groups in total. The summed E-state index contributed by atoms with van der Waals surface area (Å²) in [6.07, 6.45) is 0. The molecule has 0 aromatic rings. The van der Waals surface area contributed by atoms with Gasteiger partial charge in [0.2, 0.25) is 0 Å². The van der Waals surface area contributed by atoms with Crippen LogP contribution < -0.4 is 0 Å². The van der Waals surface area contributed by atoms with Crippen molar-refractivity contribution in [1.29, 1.82) is 0 Å². The lowest BCUT2D eigenvalue weighted by Gasteiger charge is -2.33. The lowest BCUT2D eigenvalue weighted by atomic mass is 10.1. The van der Waals surface area contributed by atoms with Crippen molar-refractivity contribution >= 4 is 0 Å². The van der Waals surface area contributed by atoms with Crippen LogP contribution in [0.3, 0.4) is 0 Å². The molecule has 0 spiro atoms. The van der Waals surface area contributed by atoms with Crippen LogP contribution in [0.25, 0.3) is 0 Å². The molecule has 20 heavy (non-hydrogen) atoms. The maximum absolute atomic E-state index is 13.2. The highest BCUT2D eigenvalue weighted by Crippen LogP contribution is 2.67. The fourth-order valence-electron chi connectivity index (χ4n) is 1.31. The van der Waals surface area contributed by atoms with E-state index in [1.165, 1.54) is 0 Å². The summed E-state index contributed by atoms with van der Waals surface area (Å²) in [5, 5.41) is 8.97. The third kappa shape index (κ3) is 1.75. The Hall–Kier alpha value is -0.680. The van der Waals surface area contributed by atoms with Crippen LogP contribution in [-0.2, 0) is 9.78 Å². The molecule has 0 aliphatic heterocycles. The van der Waals surface area contributed by atoms with Gasteiger partial charge in [-0.25, -0.2) is 4.89 Å². The van der Waals surface area contributed by atoms with Gasteiger partial charge in [0.05, 0.1) is 5.60 Å². The maximum atomic E-state index is 13.2. The summed E-state index contributed by atoms with van der Waals surface area (Å²) in [5.41, 5.74) is -1.62. The van der Waals surface area contributed by atoms with Crippen molar-refractivity contribution in [2.75, 3.05) is 0 Å². The molecule has 0 unspecified atom stereocenters. The molecule has 11 heteroatoms. The van der Waals surface area contributed by atoms with E-state index in [4.69, 9.17) is 5.11 Å². The monoisotopic (exact) mass is 318 g/mol. The highest BCUT2D eigenvalue weighted by atomic mass is 19.4. The standard InChI is InChI=1S/C9H10F8O3/c1-4(2,3)19-20-9(18)7(14,15)5(10,11)6(12,13)8(9,16)17/h18H,1-3H3. The van der Waals surface area contributed by atoms with Gasteiger partial charge in [-0.3, -0.25) is 0 Å². The summed E-state index contributed by atoms with van der Waals surface area (Å²) in [4.78, 5) is 7.15. The smallest absolute Gasteiger partial charge is 0.354 e. The molecule has 0 atom stereocenters. The Morgan fingerprint density at radius 2 is 1.00 bits per heavy atom. The molecule has 1 aliphatic carbocycles. The molecule has 1 aliphatic rings. The Balaban J connectivity index is 3.37. The lowest BCUT2D eigenvalue weighted by Crippen LogP contribution is -2.60. The Kier molecular flexibility index (Phi) is 3.43. The summed E-state index contributed by atoms with van der Waals surface area (Å²) < 4.78 is 104. The molecule has 0 saturated heterocycles. The van der Waals surface area contributed by atoms with Crippen LogP contribution in [0, 0.1) is 0 Å². The first-order valence-corrected chi connectivity index (χ1v) is 5.06. The molecule has 0 aromatic carbocycles. The van der Waals surface area contributed by atoms with Crippen LogP contribution in [0.4, 0.5) is 35.1 Å². The molecule has 1 rings (SSSR count). The van der Waals surface area contributed by atoms with Gasteiger partial charge in [0.1, 0.15) is 0 Å². The normalized spacial score (nSPS) is 29.4. The van der Waals surface area contributed by atoms with Crippen LogP contribution >= 0.6 is 0 Å². The van der Waals surface area contributed by atoms with Gasteiger partial charge in [0.25, 0.3) is 0 Å². The quantitative estimate of drug-likeness (QED) is 0.368. The van der Waals surface area contributed by atoms with Gasteiger partial charge < -0.3 is 5.11 Å². The summed E-state index contributed by atoms with van der Waals surface area (Å²) in [5.74, 6) is -31.2. The lowest BCUT2D eigenvalue weighted by molar-refractivity contribution is -0.522. The molecular formula is C9H10F8O3. The first-order chi connectivity index (χ1) is 8.46. The second-order valence-corrected chi connectivity index (χ2v) is 5.22. The summed E-state index contributed by atoms with van der Waals surface area (Å²) in [6.45, 7) is 3.16. The Morgan fingerprint density at radius 3 is 1.25 bits per heavy atom. The fourth-order valence-corrected chi connectivity index (χ4v) is 1.31. The minimum atomic E-state index is -6.54. The van der Waals surface area contributed by atoms with Crippen LogP contribution in [0.2, 0.25) is 0 Å². The topological polar surface area (TPSA) is 38.7 Å². The van der Waals surface area contributed by atoms with E-state index in [1.54, 1.807) is 0 Å². The van der Waals surface area contributed by atoms with E-state index in [1.807, 2.05) is 0 Å². The number of halogens is 8. The molecular weight excluding hydrogens is 308 g/mol. The van der Waals surface area contributed by atoms with Crippen molar-refractivity contribution in [2.45, 2.75) is 55.8 Å². The van der Waals surface area contributed by atoms with Crippen LogP contribution in [0.15, 0.2) is 0 Å². The minimum Gasteiger partial charge on any atom is -0.354 e. The summed E-state index contributed by atoms with van der Waals surface area (Å²) in [7, 11) is 0. The molecule has 0 bridgehead atoms. The zero-order chi connectivity index (χ0) is 16.4. The van der Waals surface area contributed by atoms with E-state index in [2.05, 4.69) is 9.78 Å². The second-order valence-electron chi connectivity index (χ2n) is 5.22. The van der Waals surface area contributed by atoms with Crippen molar-refractivity contribution in [3.05, 3.63) is 0 Å². The molecule has 0 heterocycles. The molecule has 0 radical (unpaired) electrons. The van der Waals surface area contributed by atoms with Gasteiger partial charge in [-0.1, -0.05) is 0 Å². The minimum absolute atomic E-state index is 1.05. The number of aliphatic hydroxyl groups is 1. The SMILES string of the molecule is CC(C)(C)OOC1(O)C(F)(F)C(F)(F)C(F)(F)C1(F)F. The molecule has 3 nitrogen and oxygen atoms in total. The Morgan fingerprint density at radius 1 is 0.700 bits per heavy atom. The van der Waals surface area contributed by atoms with Crippen molar-refractivity contribution in [3.8, 4) is 0 Å². The fraction of sp³-hybridized carbons (Fsp3) is 1.00. The third-order valence-corrected chi connectivity index (χ3v) is 2.45. The predicted octanol–water partition coefficient (Wildman–Crippen LogP) is 2.98. The van der Waals surface area contributed by atoms with Gasteiger partial charge in [0, 0.05) is 0 Å². The maximum Gasteiger partial charge on any atom is 0.384 e. The highest BCUT2D eigenvalue weighted by Gasteiger charge is 3.01. The van der Waals surface area contributed by atoms with E-state index in [0.29, 0.717) is 0 Å². The van der Waals surface area contributed by atoms with E-state index in [9.17, 15) is 35.1 Å². The van der Waals surface area contributed by atoms with E-state index in [0.717, 1.165) is 20.8 Å². The van der Waals surface area contributed by atoms with E-state index >= 15 is 0 Å². The van der Waals surface area contributed by atoms with Crippen molar-refractivity contribution in [1.82, 2.24) is 0 Å². The van der Waals surface area contributed by atoms with Gasteiger partial charge in [-0.05, 0) is 20.8 Å². The van der Waals surface area contributed by atoms with Gasteiger partial charge in [0.15, 0.2) is 0 Å². The Labute approximate surface area is 107 Å². The van der Waals surface area contributed by atoms with E-state index in [-0.39, 0.29) is 0 Å². The van der Waals surface area contributed by atoms with Gasteiger partial charge >= 0.3 is 29.5 Å².